The normalized spacial score (nSPS) is 17.2. The van der Waals surface area contributed by atoms with Gasteiger partial charge in [-0.2, -0.15) is 0 Å². The first-order valence-electron chi connectivity index (χ1n) is 10.8. The number of fused-ring (bicyclic) bond motifs is 2. The van der Waals surface area contributed by atoms with E-state index in [0.29, 0.717) is 12.0 Å². The molecule has 1 saturated carbocycles. The van der Waals surface area contributed by atoms with Gasteiger partial charge in [-0.25, -0.2) is 9.78 Å². The van der Waals surface area contributed by atoms with Crippen LogP contribution in [0.15, 0.2) is 47.1 Å². The SMILES string of the molecule is O=C(COC(=O)c1c2c(nc3ccccc13)C(=Cc1ccco1)CC2)NC1CCCC1. The number of amides is 1. The van der Waals surface area contributed by atoms with E-state index in [1.807, 2.05) is 42.5 Å². The second-order valence-corrected chi connectivity index (χ2v) is 8.14. The highest BCUT2D eigenvalue weighted by Crippen LogP contribution is 2.37. The maximum absolute atomic E-state index is 13.1. The third-order valence-electron chi connectivity index (χ3n) is 6.06. The van der Waals surface area contributed by atoms with Crippen LogP contribution < -0.4 is 5.32 Å². The van der Waals surface area contributed by atoms with E-state index < -0.39 is 5.97 Å². The van der Waals surface area contributed by atoms with E-state index in [9.17, 15) is 9.59 Å². The fourth-order valence-electron chi connectivity index (χ4n) is 4.60. The lowest BCUT2D eigenvalue weighted by molar-refractivity contribution is -0.124. The topological polar surface area (TPSA) is 81.4 Å². The molecule has 158 valence electrons. The van der Waals surface area contributed by atoms with Crippen molar-refractivity contribution in [3.63, 3.8) is 0 Å². The summed E-state index contributed by atoms with van der Waals surface area (Å²) in [6.45, 7) is -0.268. The van der Waals surface area contributed by atoms with Crippen molar-refractivity contribution in [2.24, 2.45) is 0 Å². The summed E-state index contributed by atoms with van der Waals surface area (Å²) in [7, 11) is 0. The molecule has 0 unspecified atom stereocenters. The number of rotatable bonds is 5. The fraction of sp³-hybridized carbons (Fsp3) is 0.320. The predicted octanol–water partition coefficient (Wildman–Crippen LogP) is 4.53. The number of esters is 1. The van der Waals surface area contributed by atoms with Crippen molar-refractivity contribution in [2.75, 3.05) is 6.61 Å². The summed E-state index contributed by atoms with van der Waals surface area (Å²) in [5, 5.41) is 3.71. The van der Waals surface area contributed by atoms with Crippen LogP contribution in [-0.2, 0) is 16.0 Å². The molecule has 1 fully saturated rings. The molecule has 0 atom stereocenters. The van der Waals surface area contributed by atoms with Crippen molar-refractivity contribution < 1.29 is 18.7 Å². The Morgan fingerprint density at radius 2 is 1.97 bits per heavy atom. The zero-order valence-corrected chi connectivity index (χ0v) is 17.2. The third kappa shape index (κ3) is 3.98. The van der Waals surface area contributed by atoms with E-state index in [2.05, 4.69) is 5.32 Å². The first-order valence-corrected chi connectivity index (χ1v) is 10.8. The molecule has 0 spiro atoms. The Labute approximate surface area is 180 Å². The first kappa shape index (κ1) is 19.5. The molecule has 31 heavy (non-hydrogen) atoms. The van der Waals surface area contributed by atoms with Gasteiger partial charge in [0.1, 0.15) is 5.76 Å². The van der Waals surface area contributed by atoms with Gasteiger partial charge in [0.15, 0.2) is 6.61 Å². The van der Waals surface area contributed by atoms with Crippen LogP contribution in [0.4, 0.5) is 0 Å². The number of aromatic nitrogens is 1. The minimum atomic E-state index is -0.476. The average Bonchev–Trinajstić information content (AvgIpc) is 3.54. The largest absolute Gasteiger partial charge is 0.465 e. The van der Waals surface area contributed by atoms with Gasteiger partial charge in [-0.15, -0.1) is 0 Å². The van der Waals surface area contributed by atoms with E-state index in [1.165, 1.54) is 0 Å². The molecule has 3 aromatic rings. The van der Waals surface area contributed by atoms with Gasteiger partial charge in [-0.1, -0.05) is 31.0 Å². The van der Waals surface area contributed by atoms with Gasteiger partial charge in [-0.3, -0.25) is 4.79 Å². The molecule has 2 heterocycles. The van der Waals surface area contributed by atoms with Crippen molar-refractivity contribution in [1.29, 1.82) is 0 Å². The summed E-state index contributed by atoms with van der Waals surface area (Å²) >= 11 is 0. The summed E-state index contributed by atoms with van der Waals surface area (Å²) in [5.74, 6) is 0.0369. The lowest BCUT2D eigenvalue weighted by Crippen LogP contribution is -2.36. The standard InChI is InChI=1S/C25H24N2O4/c28-22(26-17-6-1-2-7-17)15-31-25(29)23-19-9-3-4-10-21(19)27-24-16(11-12-20(23)24)14-18-8-5-13-30-18/h3-5,8-10,13-14,17H,1-2,6-7,11-12,15H2,(H,26,28). The summed E-state index contributed by atoms with van der Waals surface area (Å²) in [5.41, 5.74) is 3.95. The van der Waals surface area contributed by atoms with Gasteiger partial charge >= 0.3 is 5.97 Å². The average molecular weight is 416 g/mol. The van der Waals surface area contributed by atoms with Crippen LogP contribution in [-0.4, -0.2) is 29.5 Å². The maximum Gasteiger partial charge on any atom is 0.339 e. The molecule has 1 N–H and O–H groups in total. The predicted molar refractivity (Wildman–Crippen MR) is 117 cm³/mol. The Morgan fingerprint density at radius 1 is 1.13 bits per heavy atom. The zero-order chi connectivity index (χ0) is 21.2. The summed E-state index contributed by atoms with van der Waals surface area (Å²) < 4.78 is 10.9. The van der Waals surface area contributed by atoms with Crippen molar-refractivity contribution in [3.8, 4) is 0 Å². The van der Waals surface area contributed by atoms with Gasteiger partial charge in [0, 0.05) is 11.4 Å². The van der Waals surface area contributed by atoms with Gasteiger partial charge in [-0.05, 0) is 61.1 Å². The highest BCUT2D eigenvalue weighted by molar-refractivity contribution is 6.07. The molecular formula is C25H24N2O4. The molecule has 2 aliphatic carbocycles. The van der Waals surface area contributed by atoms with Crippen LogP contribution in [0.3, 0.4) is 0 Å². The molecule has 0 aliphatic heterocycles. The molecule has 0 radical (unpaired) electrons. The van der Waals surface area contributed by atoms with Crippen molar-refractivity contribution in [2.45, 2.75) is 44.6 Å². The van der Waals surface area contributed by atoms with Crippen LogP contribution in [0.5, 0.6) is 0 Å². The quantitative estimate of drug-likeness (QED) is 0.618. The molecule has 2 aliphatic rings. The molecule has 1 amide bonds. The minimum absolute atomic E-state index is 0.200. The molecule has 0 saturated heterocycles. The third-order valence-corrected chi connectivity index (χ3v) is 6.06. The number of carbonyl (C=O) groups excluding carboxylic acids is 2. The number of ether oxygens (including phenoxy) is 1. The van der Waals surface area contributed by atoms with Crippen molar-refractivity contribution >= 4 is 34.4 Å². The molecule has 6 heteroatoms. The number of allylic oxidation sites excluding steroid dienone is 1. The number of hydrogen-bond acceptors (Lipinski definition) is 5. The number of nitrogens with zero attached hydrogens (tertiary/aromatic N) is 1. The molecule has 0 bridgehead atoms. The van der Waals surface area contributed by atoms with Crippen molar-refractivity contribution in [3.05, 3.63) is 65.2 Å². The van der Waals surface area contributed by atoms with Crippen LogP contribution in [0, 0.1) is 0 Å². The molecule has 6 nitrogen and oxygen atoms in total. The number of carbonyl (C=O) groups is 2. The fourth-order valence-corrected chi connectivity index (χ4v) is 4.60. The lowest BCUT2D eigenvalue weighted by Gasteiger charge is -2.14. The first-order chi connectivity index (χ1) is 15.2. The van der Waals surface area contributed by atoms with E-state index in [-0.39, 0.29) is 18.6 Å². The van der Waals surface area contributed by atoms with Gasteiger partial charge < -0.3 is 14.5 Å². The van der Waals surface area contributed by atoms with E-state index in [4.69, 9.17) is 14.1 Å². The molecule has 2 aromatic heterocycles. The van der Waals surface area contributed by atoms with Crippen LogP contribution >= 0.6 is 0 Å². The van der Waals surface area contributed by atoms with E-state index >= 15 is 0 Å². The van der Waals surface area contributed by atoms with Gasteiger partial charge in [0.25, 0.3) is 5.91 Å². The Bertz CT molecular complexity index is 1160. The van der Waals surface area contributed by atoms with E-state index in [1.54, 1.807) is 6.26 Å². The maximum atomic E-state index is 13.1. The van der Waals surface area contributed by atoms with Crippen molar-refractivity contribution in [1.82, 2.24) is 10.3 Å². The number of nitrogens with one attached hydrogen (secondary N) is 1. The number of pyridine rings is 1. The molecule has 1 aromatic carbocycles. The van der Waals surface area contributed by atoms with Crippen LogP contribution in [0.2, 0.25) is 0 Å². The number of para-hydroxylation sites is 1. The Hall–Kier alpha value is -3.41. The summed E-state index contributed by atoms with van der Waals surface area (Å²) in [6.07, 6.45) is 9.31. The summed E-state index contributed by atoms with van der Waals surface area (Å²) in [6, 6.07) is 11.5. The number of hydrogen-bond donors (Lipinski definition) is 1. The van der Waals surface area contributed by atoms with Crippen LogP contribution in [0.25, 0.3) is 22.6 Å². The Morgan fingerprint density at radius 3 is 2.77 bits per heavy atom. The minimum Gasteiger partial charge on any atom is -0.465 e. The number of furan rings is 1. The summed E-state index contributed by atoms with van der Waals surface area (Å²) in [4.78, 5) is 30.2. The highest BCUT2D eigenvalue weighted by atomic mass is 16.5. The smallest absolute Gasteiger partial charge is 0.339 e. The van der Waals surface area contributed by atoms with Crippen LogP contribution in [0.1, 0.15) is 59.5 Å². The lowest BCUT2D eigenvalue weighted by atomic mass is 10.0. The highest BCUT2D eigenvalue weighted by Gasteiger charge is 2.28. The van der Waals surface area contributed by atoms with E-state index in [0.717, 1.165) is 65.6 Å². The molecule has 5 rings (SSSR count). The zero-order valence-electron chi connectivity index (χ0n) is 17.2. The van der Waals surface area contributed by atoms with Gasteiger partial charge in [0.2, 0.25) is 0 Å². The Kier molecular flexibility index (Phi) is 5.28. The monoisotopic (exact) mass is 416 g/mol. The molecular weight excluding hydrogens is 392 g/mol. The second-order valence-electron chi connectivity index (χ2n) is 8.14. The second kappa shape index (κ2) is 8.38. The van der Waals surface area contributed by atoms with Gasteiger partial charge in [0.05, 0.1) is 23.0 Å². The Balaban J connectivity index is 1.44. The number of benzene rings is 1.